The molecular formula is C20H35N3O2S. The molecule has 148 valence electrons. The highest BCUT2D eigenvalue weighted by atomic mass is 32.1. The molecule has 0 aromatic carbocycles. The van der Waals surface area contributed by atoms with Crippen LogP contribution in [0.5, 0.6) is 0 Å². The number of hydrogen-bond acceptors (Lipinski definition) is 6. The van der Waals surface area contributed by atoms with Crippen LogP contribution in [0.25, 0.3) is 0 Å². The van der Waals surface area contributed by atoms with Gasteiger partial charge in [0, 0.05) is 56.1 Å². The number of hydrogen-bond donors (Lipinski definition) is 1. The third kappa shape index (κ3) is 4.86. The van der Waals surface area contributed by atoms with Crippen molar-refractivity contribution >= 4 is 11.3 Å². The SMILES string of the molecule is CN(C)Cc1csc(CN2CC[C@](O)(CN3CCOCC3)C(C)(C)C2)c1. The Morgan fingerprint density at radius 3 is 2.58 bits per heavy atom. The number of likely N-dealkylation sites (tertiary alicyclic amines) is 1. The number of piperidine rings is 1. The third-order valence-electron chi connectivity index (χ3n) is 5.90. The van der Waals surface area contributed by atoms with Crippen molar-refractivity contribution < 1.29 is 9.84 Å². The summed E-state index contributed by atoms with van der Waals surface area (Å²) in [5.74, 6) is 0. The van der Waals surface area contributed by atoms with Crippen LogP contribution in [0.2, 0.25) is 0 Å². The molecule has 1 aromatic rings. The van der Waals surface area contributed by atoms with Crippen molar-refractivity contribution in [1.29, 1.82) is 0 Å². The topological polar surface area (TPSA) is 39.2 Å². The van der Waals surface area contributed by atoms with Gasteiger partial charge in [-0.1, -0.05) is 13.8 Å². The lowest BCUT2D eigenvalue weighted by Crippen LogP contribution is -2.62. The van der Waals surface area contributed by atoms with E-state index in [9.17, 15) is 5.11 Å². The minimum Gasteiger partial charge on any atom is -0.388 e. The van der Waals surface area contributed by atoms with Crippen LogP contribution in [-0.4, -0.2) is 85.4 Å². The van der Waals surface area contributed by atoms with E-state index in [1.165, 1.54) is 10.4 Å². The Kier molecular flexibility index (Phi) is 6.42. The molecule has 1 atom stereocenters. The van der Waals surface area contributed by atoms with E-state index < -0.39 is 5.60 Å². The molecule has 1 N–H and O–H groups in total. The quantitative estimate of drug-likeness (QED) is 0.817. The number of aliphatic hydroxyl groups is 1. The molecule has 2 saturated heterocycles. The molecule has 3 rings (SSSR count). The van der Waals surface area contributed by atoms with Crippen LogP contribution >= 0.6 is 11.3 Å². The van der Waals surface area contributed by atoms with Gasteiger partial charge < -0.3 is 14.7 Å². The fourth-order valence-corrected chi connectivity index (χ4v) is 5.12. The first-order valence-electron chi connectivity index (χ1n) is 9.73. The molecule has 6 heteroatoms. The van der Waals surface area contributed by atoms with Crippen molar-refractivity contribution in [2.75, 3.05) is 60.0 Å². The fraction of sp³-hybridized carbons (Fsp3) is 0.800. The van der Waals surface area contributed by atoms with E-state index in [4.69, 9.17) is 4.74 Å². The van der Waals surface area contributed by atoms with Gasteiger partial charge in [0.25, 0.3) is 0 Å². The number of morpholine rings is 1. The first-order valence-corrected chi connectivity index (χ1v) is 10.6. The fourth-order valence-electron chi connectivity index (χ4n) is 4.20. The summed E-state index contributed by atoms with van der Waals surface area (Å²) in [4.78, 5) is 8.52. The van der Waals surface area contributed by atoms with Gasteiger partial charge in [0.2, 0.25) is 0 Å². The van der Waals surface area contributed by atoms with Gasteiger partial charge in [0.1, 0.15) is 0 Å². The molecule has 5 nitrogen and oxygen atoms in total. The second-order valence-electron chi connectivity index (χ2n) is 8.92. The highest BCUT2D eigenvalue weighted by molar-refractivity contribution is 7.10. The number of rotatable bonds is 6. The summed E-state index contributed by atoms with van der Waals surface area (Å²) in [6.45, 7) is 12.6. The zero-order chi connectivity index (χ0) is 18.8. The van der Waals surface area contributed by atoms with E-state index in [1.54, 1.807) is 0 Å². The zero-order valence-electron chi connectivity index (χ0n) is 16.8. The van der Waals surface area contributed by atoms with Gasteiger partial charge in [0.15, 0.2) is 0 Å². The molecule has 2 aliphatic rings. The Hall–Kier alpha value is -0.500. The maximum Gasteiger partial charge on any atom is 0.0849 e. The Balaban J connectivity index is 1.58. The van der Waals surface area contributed by atoms with Crippen LogP contribution < -0.4 is 0 Å². The van der Waals surface area contributed by atoms with E-state index in [0.717, 1.165) is 65.4 Å². The second kappa shape index (κ2) is 8.25. The van der Waals surface area contributed by atoms with Crippen LogP contribution in [0.15, 0.2) is 11.4 Å². The highest BCUT2D eigenvalue weighted by Gasteiger charge is 2.48. The van der Waals surface area contributed by atoms with Crippen molar-refractivity contribution in [3.63, 3.8) is 0 Å². The van der Waals surface area contributed by atoms with E-state index in [1.807, 2.05) is 11.3 Å². The first-order chi connectivity index (χ1) is 12.3. The summed E-state index contributed by atoms with van der Waals surface area (Å²) < 4.78 is 5.45. The van der Waals surface area contributed by atoms with E-state index in [0.29, 0.717) is 0 Å². The predicted molar refractivity (Wildman–Crippen MR) is 108 cm³/mol. The number of thiophene rings is 1. The van der Waals surface area contributed by atoms with E-state index >= 15 is 0 Å². The van der Waals surface area contributed by atoms with Gasteiger partial charge in [0.05, 0.1) is 18.8 Å². The van der Waals surface area contributed by atoms with Gasteiger partial charge in [-0.25, -0.2) is 0 Å². The molecule has 1 aromatic heterocycles. The van der Waals surface area contributed by atoms with Crippen LogP contribution in [0, 0.1) is 5.41 Å². The van der Waals surface area contributed by atoms with Crippen molar-refractivity contribution in [3.8, 4) is 0 Å². The smallest absolute Gasteiger partial charge is 0.0849 e. The van der Waals surface area contributed by atoms with Crippen LogP contribution in [0.1, 0.15) is 30.7 Å². The lowest BCUT2D eigenvalue weighted by molar-refractivity contribution is -0.140. The summed E-state index contributed by atoms with van der Waals surface area (Å²) in [7, 11) is 4.22. The number of nitrogens with zero attached hydrogens (tertiary/aromatic N) is 3. The average Bonchev–Trinajstić information content (AvgIpc) is 2.98. The van der Waals surface area contributed by atoms with Gasteiger partial charge in [-0.15, -0.1) is 11.3 Å². The summed E-state index contributed by atoms with van der Waals surface area (Å²) in [5.41, 5.74) is 0.662. The van der Waals surface area contributed by atoms with Crippen molar-refractivity contribution in [2.24, 2.45) is 5.41 Å². The summed E-state index contributed by atoms with van der Waals surface area (Å²) >= 11 is 1.86. The van der Waals surface area contributed by atoms with Gasteiger partial charge in [-0.05, 0) is 37.5 Å². The van der Waals surface area contributed by atoms with Crippen molar-refractivity contribution in [3.05, 3.63) is 21.9 Å². The normalized spacial score (nSPS) is 27.9. The third-order valence-corrected chi connectivity index (χ3v) is 6.87. The van der Waals surface area contributed by atoms with E-state index in [2.05, 4.69) is 54.1 Å². The zero-order valence-corrected chi connectivity index (χ0v) is 17.6. The Bertz CT molecular complexity index is 583. The molecule has 2 fully saturated rings. The average molecular weight is 382 g/mol. The van der Waals surface area contributed by atoms with Crippen molar-refractivity contribution in [1.82, 2.24) is 14.7 Å². The molecule has 0 unspecified atom stereocenters. The summed E-state index contributed by atoms with van der Waals surface area (Å²) in [6, 6.07) is 2.34. The monoisotopic (exact) mass is 381 g/mol. The van der Waals surface area contributed by atoms with Gasteiger partial charge in [-0.2, -0.15) is 0 Å². The minimum atomic E-state index is -0.619. The molecule has 0 radical (unpaired) electrons. The molecule has 2 aliphatic heterocycles. The molecule has 26 heavy (non-hydrogen) atoms. The molecule has 0 spiro atoms. The predicted octanol–water partition coefficient (Wildman–Crippen LogP) is 2.10. The molecule has 0 saturated carbocycles. The summed E-state index contributed by atoms with van der Waals surface area (Å²) in [6.07, 6.45) is 0.841. The Morgan fingerprint density at radius 2 is 1.92 bits per heavy atom. The number of ether oxygens (including phenoxy) is 1. The molecule has 0 aliphatic carbocycles. The highest BCUT2D eigenvalue weighted by Crippen LogP contribution is 2.40. The second-order valence-corrected chi connectivity index (χ2v) is 9.92. The maximum atomic E-state index is 11.4. The molecule has 0 amide bonds. The lowest BCUT2D eigenvalue weighted by Gasteiger charge is -2.52. The Morgan fingerprint density at radius 1 is 1.19 bits per heavy atom. The van der Waals surface area contributed by atoms with Gasteiger partial charge >= 0.3 is 0 Å². The van der Waals surface area contributed by atoms with Gasteiger partial charge in [-0.3, -0.25) is 9.80 Å². The Labute approximate surface area is 162 Å². The largest absolute Gasteiger partial charge is 0.388 e. The van der Waals surface area contributed by atoms with E-state index in [-0.39, 0.29) is 5.41 Å². The molecule has 0 bridgehead atoms. The summed E-state index contributed by atoms with van der Waals surface area (Å²) in [5, 5.41) is 13.7. The standard InChI is InChI=1S/C20H35N3O2S/c1-19(2)15-23(13-18-11-17(14-26-18)12-21(3)4)6-5-20(19,24)16-22-7-9-25-10-8-22/h11,14,24H,5-10,12-13,15-16H2,1-4H3/t20-/m0/s1. The van der Waals surface area contributed by atoms with Crippen LogP contribution in [0.3, 0.4) is 0 Å². The number of β-amino-alcohol motifs (C(OH)–C–C–N with tert-alkyl or cyclic N) is 1. The van der Waals surface area contributed by atoms with Crippen LogP contribution in [-0.2, 0) is 17.8 Å². The first kappa shape index (κ1) is 20.2. The molecular weight excluding hydrogens is 346 g/mol. The maximum absolute atomic E-state index is 11.4. The lowest BCUT2D eigenvalue weighted by atomic mass is 9.69. The molecule has 3 heterocycles. The van der Waals surface area contributed by atoms with Crippen molar-refractivity contribution in [2.45, 2.75) is 39.0 Å². The minimum absolute atomic E-state index is 0.118. The van der Waals surface area contributed by atoms with Crippen LogP contribution in [0.4, 0.5) is 0 Å².